The minimum absolute atomic E-state index is 0.385. The molecule has 0 fully saturated rings. The highest BCUT2D eigenvalue weighted by Crippen LogP contribution is 2.15. The third kappa shape index (κ3) is 5.66. The van der Waals surface area contributed by atoms with Gasteiger partial charge >= 0.3 is 0 Å². The van der Waals surface area contributed by atoms with Gasteiger partial charge in [-0.05, 0) is 28.7 Å². The summed E-state index contributed by atoms with van der Waals surface area (Å²) in [5.41, 5.74) is 0. The zero-order chi connectivity index (χ0) is 8.69. The largest absolute Gasteiger partial charge is 0.768 e. The van der Waals surface area contributed by atoms with E-state index in [0.29, 0.717) is 10.7 Å². The molecule has 11 heavy (non-hydrogen) atoms. The molecule has 0 N–H and O–H groups in total. The van der Waals surface area contributed by atoms with Crippen molar-refractivity contribution < 1.29 is 8.76 Å². The van der Waals surface area contributed by atoms with Crippen LogP contribution in [0.25, 0.3) is 0 Å². The second-order valence-electron chi connectivity index (χ2n) is 1.56. The van der Waals surface area contributed by atoms with E-state index in [4.69, 9.17) is 0 Å². The monoisotopic (exact) mass is 255 g/mol. The maximum Gasteiger partial charge on any atom is 0.0537 e. The molecule has 0 radical (unpaired) electrons. The molecule has 0 saturated carbocycles. The van der Waals surface area contributed by atoms with E-state index in [9.17, 15) is 8.76 Å². The molecule has 1 atom stereocenters. The van der Waals surface area contributed by atoms with Crippen LogP contribution in [0.1, 0.15) is 6.42 Å². The van der Waals surface area contributed by atoms with Crippen LogP contribution in [0.5, 0.6) is 0 Å². The van der Waals surface area contributed by atoms with E-state index >= 15 is 0 Å². The Morgan fingerprint density at radius 1 is 1.82 bits per heavy atom. The lowest BCUT2D eigenvalue weighted by molar-refractivity contribution is 0.545. The zero-order valence-electron chi connectivity index (χ0n) is 5.95. The lowest BCUT2D eigenvalue weighted by atomic mass is 10.4. The van der Waals surface area contributed by atoms with Gasteiger partial charge in [-0.2, -0.15) is 0 Å². The fourth-order valence-corrected chi connectivity index (χ4v) is 1.69. The summed E-state index contributed by atoms with van der Waals surface area (Å²) in [6.07, 6.45) is 5.85. The standard InChI is InChI=1S/C6H9BrO2S2/c1-10-6(11(8)9)4-2-3-5-7/h3-5H,2H2,1H3,(H,8,9)/p-1/b5-3+,6-4+. The van der Waals surface area contributed by atoms with Crippen LogP contribution in [0.4, 0.5) is 0 Å². The summed E-state index contributed by atoms with van der Waals surface area (Å²) >= 11 is 2.23. The molecule has 0 bridgehead atoms. The van der Waals surface area contributed by atoms with Crippen LogP contribution in [0.15, 0.2) is 21.4 Å². The van der Waals surface area contributed by atoms with Gasteiger partial charge in [0.2, 0.25) is 0 Å². The molecule has 64 valence electrons. The van der Waals surface area contributed by atoms with Gasteiger partial charge in [-0.15, -0.1) is 11.8 Å². The molecule has 0 aromatic carbocycles. The highest BCUT2D eigenvalue weighted by atomic mass is 79.9. The Kier molecular flexibility index (Phi) is 7.36. The predicted octanol–water partition coefficient (Wildman–Crippen LogP) is 2.37. The van der Waals surface area contributed by atoms with Crippen molar-refractivity contribution in [2.75, 3.05) is 6.26 Å². The molecular formula is C6H8BrO2S2-. The number of halogens is 1. The number of rotatable bonds is 4. The second kappa shape index (κ2) is 7.09. The first-order chi connectivity index (χ1) is 5.22. The van der Waals surface area contributed by atoms with E-state index < -0.39 is 11.1 Å². The van der Waals surface area contributed by atoms with Gasteiger partial charge in [-0.25, -0.2) is 0 Å². The maximum atomic E-state index is 10.4. The van der Waals surface area contributed by atoms with Gasteiger partial charge < -0.3 is 4.55 Å². The third-order valence-electron chi connectivity index (χ3n) is 0.875. The number of hydrogen-bond donors (Lipinski definition) is 0. The van der Waals surface area contributed by atoms with Crippen molar-refractivity contribution in [3.05, 3.63) is 21.4 Å². The minimum atomic E-state index is -2.08. The van der Waals surface area contributed by atoms with Crippen molar-refractivity contribution >= 4 is 38.8 Å². The molecule has 0 amide bonds. The Hall–Kier alpha value is 0.420. The van der Waals surface area contributed by atoms with Gasteiger partial charge in [0.05, 0.1) is 4.24 Å². The molecule has 0 aliphatic rings. The number of allylic oxidation sites excluding steroid dienone is 2. The maximum absolute atomic E-state index is 10.4. The smallest absolute Gasteiger partial charge is 0.0537 e. The summed E-state index contributed by atoms with van der Waals surface area (Å²) in [7, 11) is 0. The highest BCUT2D eigenvalue weighted by molar-refractivity contribution is 9.11. The molecule has 0 heterocycles. The Morgan fingerprint density at radius 3 is 2.82 bits per heavy atom. The zero-order valence-corrected chi connectivity index (χ0v) is 9.17. The third-order valence-corrected chi connectivity index (χ3v) is 3.22. The fourth-order valence-electron chi connectivity index (χ4n) is 0.435. The highest BCUT2D eigenvalue weighted by Gasteiger charge is 1.91. The van der Waals surface area contributed by atoms with E-state index in [1.165, 1.54) is 11.8 Å². The van der Waals surface area contributed by atoms with Gasteiger partial charge in [-0.1, -0.05) is 28.1 Å². The molecule has 0 aliphatic heterocycles. The predicted molar refractivity (Wildman–Crippen MR) is 53.2 cm³/mol. The SMILES string of the molecule is CS/C(=C\C/C=C/Br)S(=O)[O-]. The Morgan fingerprint density at radius 2 is 2.45 bits per heavy atom. The van der Waals surface area contributed by atoms with Crippen molar-refractivity contribution in [1.29, 1.82) is 0 Å². The number of thioether (sulfide) groups is 1. The Balaban J connectivity index is 4.01. The number of hydrogen-bond acceptors (Lipinski definition) is 3. The Labute approximate surface area is 81.6 Å². The molecule has 5 heteroatoms. The first kappa shape index (κ1) is 11.4. The van der Waals surface area contributed by atoms with Crippen LogP contribution in [-0.4, -0.2) is 15.0 Å². The molecule has 0 aromatic heterocycles. The van der Waals surface area contributed by atoms with E-state index in [1.807, 2.05) is 6.08 Å². The molecule has 0 spiro atoms. The van der Waals surface area contributed by atoms with Gasteiger partial charge in [0, 0.05) is 0 Å². The molecule has 2 nitrogen and oxygen atoms in total. The fraction of sp³-hybridized carbons (Fsp3) is 0.333. The molecule has 0 aromatic rings. The van der Waals surface area contributed by atoms with Crippen LogP contribution in [-0.2, 0) is 11.1 Å². The lowest BCUT2D eigenvalue weighted by Crippen LogP contribution is -1.87. The quantitative estimate of drug-likeness (QED) is 0.725. The normalized spacial score (nSPS) is 15.7. The summed E-state index contributed by atoms with van der Waals surface area (Å²) in [6, 6.07) is 0. The topological polar surface area (TPSA) is 40.1 Å². The van der Waals surface area contributed by atoms with Crippen LogP contribution in [0, 0.1) is 0 Å². The van der Waals surface area contributed by atoms with Crippen molar-refractivity contribution in [3.63, 3.8) is 0 Å². The van der Waals surface area contributed by atoms with Gasteiger partial charge in [0.1, 0.15) is 0 Å². The first-order valence-corrected chi connectivity index (χ1v) is 6.02. The summed E-state index contributed by atoms with van der Waals surface area (Å²) in [6.45, 7) is 0. The molecule has 0 rings (SSSR count). The van der Waals surface area contributed by atoms with E-state index in [2.05, 4.69) is 15.9 Å². The van der Waals surface area contributed by atoms with Gasteiger partial charge in [0.25, 0.3) is 0 Å². The van der Waals surface area contributed by atoms with Crippen LogP contribution in [0.3, 0.4) is 0 Å². The van der Waals surface area contributed by atoms with E-state index in [-0.39, 0.29) is 0 Å². The van der Waals surface area contributed by atoms with Gasteiger partial charge in [0.15, 0.2) is 0 Å². The van der Waals surface area contributed by atoms with Crippen molar-refractivity contribution in [1.82, 2.24) is 0 Å². The lowest BCUT2D eigenvalue weighted by Gasteiger charge is -2.05. The average molecular weight is 256 g/mol. The Bertz CT molecular complexity index is 189. The van der Waals surface area contributed by atoms with Crippen LogP contribution >= 0.6 is 27.7 Å². The average Bonchev–Trinajstić information content (AvgIpc) is 1.97. The van der Waals surface area contributed by atoms with Crippen LogP contribution < -0.4 is 0 Å². The van der Waals surface area contributed by atoms with Gasteiger partial charge in [-0.3, -0.25) is 4.21 Å². The van der Waals surface area contributed by atoms with Crippen molar-refractivity contribution in [2.24, 2.45) is 0 Å². The minimum Gasteiger partial charge on any atom is -0.768 e. The summed E-state index contributed by atoms with van der Waals surface area (Å²) in [5, 5.41) is 0. The van der Waals surface area contributed by atoms with E-state index in [0.717, 1.165) is 0 Å². The van der Waals surface area contributed by atoms with E-state index in [1.54, 1.807) is 17.3 Å². The van der Waals surface area contributed by atoms with Crippen molar-refractivity contribution in [3.8, 4) is 0 Å². The molecular weight excluding hydrogens is 248 g/mol. The molecule has 0 aliphatic carbocycles. The van der Waals surface area contributed by atoms with Crippen LogP contribution in [0.2, 0.25) is 0 Å². The summed E-state index contributed by atoms with van der Waals surface area (Å²) < 4.78 is 21.2. The van der Waals surface area contributed by atoms with Crippen molar-refractivity contribution in [2.45, 2.75) is 6.42 Å². The molecule has 1 unspecified atom stereocenters. The molecule has 0 saturated heterocycles. The second-order valence-corrected chi connectivity index (χ2v) is 4.10. The first-order valence-electron chi connectivity index (χ1n) is 2.81. The summed E-state index contributed by atoms with van der Waals surface area (Å²) in [4.78, 5) is 1.70. The summed E-state index contributed by atoms with van der Waals surface area (Å²) in [5.74, 6) is 0.